The van der Waals surface area contributed by atoms with Crippen LogP contribution in [-0.4, -0.2) is 36.6 Å². The second-order valence-corrected chi connectivity index (χ2v) is 2.40. The Labute approximate surface area is 103 Å². The maximum absolute atomic E-state index is 10.8. The van der Waals surface area contributed by atoms with Crippen molar-refractivity contribution in [3.8, 4) is 0 Å². The number of rotatable bonds is 0. The Kier molecular flexibility index (Phi) is 3.67. The van der Waals surface area contributed by atoms with Crippen molar-refractivity contribution in [3.05, 3.63) is 0 Å². The summed E-state index contributed by atoms with van der Waals surface area (Å²) in [5.41, 5.74) is 0. The van der Waals surface area contributed by atoms with Gasteiger partial charge in [-0.3, -0.25) is 0 Å². The smallest absolute Gasteiger partial charge is 0.833 e. The van der Waals surface area contributed by atoms with Crippen LogP contribution in [0.4, 0.5) is 0 Å². The predicted octanol–water partition coefficient (Wildman–Crippen LogP) is -6.57. The molecule has 0 radical (unpaired) electrons. The minimum absolute atomic E-state index is 0. The topological polar surface area (TPSA) is 87.7 Å². The normalized spacial score (nSPS) is 25.1. The zero-order chi connectivity index (χ0) is 8.84. The third-order valence-corrected chi connectivity index (χ3v) is 1.56. The Morgan fingerprint density at radius 2 is 0.857 bits per heavy atom. The first-order chi connectivity index (χ1) is 6.29. The van der Waals surface area contributed by atoms with Crippen molar-refractivity contribution < 1.29 is 66.6 Å². The average Bonchev–Trinajstić information content (AvgIpc) is 1.99. The van der Waals surface area contributed by atoms with Gasteiger partial charge in [0.2, 0.25) is 0 Å². The quantitative estimate of drug-likeness (QED) is 0.361. The van der Waals surface area contributed by atoms with Crippen LogP contribution in [0.15, 0.2) is 0 Å². The van der Waals surface area contributed by atoms with Crippen LogP contribution in [-0.2, 0) is 32.0 Å². The van der Waals surface area contributed by atoms with Crippen LogP contribution in [0.1, 0.15) is 0 Å². The molecule has 0 atom stereocenters. The summed E-state index contributed by atoms with van der Waals surface area (Å²) >= 11 is 0. The van der Waals surface area contributed by atoms with E-state index in [-0.39, 0.29) is 29.6 Å². The van der Waals surface area contributed by atoms with Gasteiger partial charge in [0.1, 0.15) is 0 Å². The minimum atomic E-state index is -1.77. The van der Waals surface area contributed by atoms with Crippen LogP contribution < -0.4 is 34.6 Å². The largest absolute Gasteiger partial charge is 1.00 e. The molecule has 0 amide bonds. The van der Waals surface area contributed by atoms with E-state index in [9.17, 15) is 5.02 Å². The van der Waals surface area contributed by atoms with Gasteiger partial charge in [-0.05, 0) is 0 Å². The van der Waals surface area contributed by atoms with Crippen molar-refractivity contribution in [2.75, 3.05) is 0 Å². The molecule has 4 bridgehead atoms. The molecule has 14 heavy (non-hydrogen) atoms. The fourth-order valence-corrected chi connectivity index (χ4v) is 1.05. The molecule has 4 saturated heterocycles. The fraction of sp³-hybridized carbons (Fsp3) is 0. The van der Waals surface area contributed by atoms with Crippen molar-refractivity contribution in [3.63, 3.8) is 0 Å². The van der Waals surface area contributed by atoms with E-state index in [1.165, 1.54) is 0 Å². The van der Waals surface area contributed by atoms with Gasteiger partial charge >= 0.3 is 66.2 Å². The third kappa shape index (κ3) is 2.23. The van der Waals surface area contributed by atoms with Gasteiger partial charge in [-0.25, -0.2) is 0 Å². The summed E-state index contributed by atoms with van der Waals surface area (Å²) in [5.74, 6) is 0. The zero-order valence-electron chi connectivity index (χ0n) is 7.15. The fourth-order valence-electron chi connectivity index (χ4n) is 1.05. The van der Waals surface area contributed by atoms with E-state index >= 15 is 0 Å². The molecule has 64 valence electrons. The number of hydrogen-bond donors (Lipinski definition) is 0. The summed E-state index contributed by atoms with van der Waals surface area (Å²) in [6.07, 6.45) is 0. The molecule has 4 aliphatic heterocycles. The van der Waals surface area contributed by atoms with Crippen LogP contribution in [0.3, 0.4) is 0 Å². The van der Waals surface area contributed by atoms with Crippen LogP contribution in [0.2, 0.25) is 0 Å². The third-order valence-electron chi connectivity index (χ3n) is 1.56. The Bertz CT molecular complexity index is 176. The zero-order valence-corrected chi connectivity index (χ0v) is 9.15. The molecule has 0 aliphatic carbocycles. The van der Waals surface area contributed by atoms with Gasteiger partial charge in [-0.15, -0.1) is 0 Å². The molecule has 0 saturated carbocycles. The summed E-state index contributed by atoms with van der Waals surface area (Å²) in [7, 11) is -6.13. The second-order valence-electron chi connectivity index (χ2n) is 2.40. The first-order valence-corrected chi connectivity index (χ1v) is 3.54. The molecule has 4 heterocycles. The van der Waals surface area contributed by atoms with Gasteiger partial charge in [-0.1, -0.05) is 0 Å². The molecule has 0 aromatic heterocycles. The van der Waals surface area contributed by atoms with Crippen molar-refractivity contribution >= 4 is 36.6 Å². The van der Waals surface area contributed by atoms with Gasteiger partial charge in [0.05, 0.1) is 0 Å². The molecular formula is B5NaO8. The second kappa shape index (κ2) is 4.48. The number of fused-ring (bicyclic) bond motifs is 2. The van der Waals surface area contributed by atoms with Gasteiger partial charge in [-0.2, -0.15) is 0 Å². The van der Waals surface area contributed by atoms with E-state index in [0.29, 0.717) is 0 Å². The molecule has 8 nitrogen and oxygen atoms in total. The van der Waals surface area contributed by atoms with E-state index in [1.807, 2.05) is 0 Å². The summed E-state index contributed by atoms with van der Waals surface area (Å²) in [6.45, 7) is 0. The van der Waals surface area contributed by atoms with Gasteiger partial charge in [0.25, 0.3) is 0 Å². The van der Waals surface area contributed by atoms with Crippen LogP contribution in [0, 0.1) is 0 Å². The first kappa shape index (κ1) is 11.5. The van der Waals surface area contributed by atoms with Crippen LogP contribution in [0.5, 0.6) is 0 Å². The Balaban J connectivity index is 0.000000750. The summed E-state index contributed by atoms with van der Waals surface area (Å²) in [5, 5.41) is 10.8. The molecular weight excluding hydrogens is 205 g/mol. The van der Waals surface area contributed by atoms with E-state index in [1.54, 1.807) is 0 Å². The molecule has 0 spiro atoms. The molecule has 0 aromatic carbocycles. The Morgan fingerprint density at radius 3 is 1.21 bits per heavy atom. The molecule has 4 rings (SSSR count). The van der Waals surface area contributed by atoms with Gasteiger partial charge in [0.15, 0.2) is 0 Å². The first-order valence-electron chi connectivity index (χ1n) is 3.54. The van der Waals surface area contributed by atoms with Crippen LogP contribution >= 0.6 is 0 Å². The SMILES string of the molecule is [Na+].[O-]B1OB2OB3OB(O1)OB(O2)O3. The summed E-state index contributed by atoms with van der Waals surface area (Å²) in [4.78, 5) is 0. The molecule has 4 aliphatic rings. The molecule has 0 unspecified atom stereocenters. The Hall–Kier alpha value is 1.00. The van der Waals surface area contributed by atoms with Gasteiger partial charge < -0.3 is 37.0 Å². The van der Waals surface area contributed by atoms with Crippen LogP contribution in [0.25, 0.3) is 0 Å². The standard InChI is InChI=1S/B5O8.Na/c6-1-7-2-9-4-11-3(8-1)12-5(10-2)13-4;/q-1;+1. The molecule has 0 aromatic rings. The molecule has 14 heteroatoms. The van der Waals surface area contributed by atoms with Crippen molar-refractivity contribution in [2.24, 2.45) is 0 Å². The monoisotopic (exact) mass is 206 g/mol. The minimum Gasteiger partial charge on any atom is -0.833 e. The van der Waals surface area contributed by atoms with Crippen molar-refractivity contribution in [1.29, 1.82) is 0 Å². The van der Waals surface area contributed by atoms with Crippen molar-refractivity contribution in [2.45, 2.75) is 0 Å². The predicted molar refractivity (Wildman–Crippen MR) is 36.4 cm³/mol. The Morgan fingerprint density at radius 1 is 0.571 bits per heavy atom. The van der Waals surface area contributed by atoms with Gasteiger partial charge in [0, 0.05) is 0 Å². The maximum Gasteiger partial charge on any atom is 1.00 e. The van der Waals surface area contributed by atoms with E-state index in [0.717, 1.165) is 0 Å². The average molecular weight is 205 g/mol. The summed E-state index contributed by atoms with van der Waals surface area (Å²) < 4.78 is 33.4. The van der Waals surface area contributed by atoms with E-state index < -0.39 is 36.6 Å². The maximum atomic E-state index is 10.8. The number of hydrogen-bond acceptors (Lipinski definition) is 8. The molecule has 0 N–H and O–H groups in total. The summed E-state index contributed by atoms with van der Waals surface area (Å²) in [6, 6.07) is 0. The van der Waals surface area contributed by atoms with E-state index in [2.05, 4.69) is 9.14 Å². The van der Waals surface area contributed by atoms with E-state index in [4.69, 9.17) is 22.9 Å². The van der Waals surface area contributed by atoms with Crippen molar-refractivity contribution in [1.82, 2.24) is 0 Å². The molecule has 4 fully saturated rings.